The van der Waals surface area contributed by atoms with E-state index in [0.717, 1.165) is 49.9 Å². The molecule has 32 heavy (non-hydrogen) atoms. The number of aromatic nitrogens is 3. The van der Waals surface area contributed by atoms with Crippen LogP contribution in [0.25, 0.3) is 10.9 Å². The highest BCUT2D eigenvalue weighted by atomic mass is 16.5. The zero-order valence-electron chi connectivity index (χ0n) is 18.3. The number of nitrogens with one attached hydrogen (secondary N) is 1. The Morgan fingerprint density at radius 2 is 1.97 bits per heavy atom. The fourth-order valence-electron chi connectivity index (χ4n) is 4.61. The van der Waals surface area contributed by atoms with Crippen LogP contribution in [0.5, 0.6) is 0 Å². The van der Waals surface area contributed by atoms with E-state index in [4.69, 9.17) is 4.52 Å². The number of aryl methyl sites for hydroxylation is 1. The number of hydrogen-bond acceptors (Lipinski definition) is 6. The van der Waals surface area contributed by atoms with Crippen molar-refractivity contribution in [1.82, 2.24) is 29.8 Å². The molecule has 0 saturated carbocycles. The van der Waals surface area contributed by atoms with Crippen LogP contribution >= 0.6 is 0 Å². The first kappa shape index (κ1) is 20.7. The number of H-pyrrole nitrogens is 1. The minimum absolute atomic E-state index is 0.0263. The fraction of sp³-hybridized carbons (Fsp3) is 0.478. The Morgan fingerprint density at radius 1 is 1.16 bits per heavy atom. The third-order valence-corrected chi connectivity index (χ3v) is 6.52. The minimum Gasteiger partial charge on any atom is -0.360 e. The van der Waals surface area contributed by atoms with Gasteiger partial charge in [0.05, 0.1) is 11.6 Å². The Labute approximate surface area is 186 Å². The van der Waals surface area contributed by atoms with Gasteiger partial charge in [-0.25, -0.2) is 0 Å². The van der Waals surface area contributed by atoms with Gasteiger partial charge in [-0.2, -0.15) is 4.98 Å². The quantitative estimate of drug-likeness (QED) is 0.659. The molecule has 1 aromatic carbocycles. The third kappa shape index (κ3) is 4.00. The van der Waals surface area contributed by atoms with E-state index < -0.39 is 0 Å². The van der Waals surface area contributed by atoms with E-state index in [1.807, 2.05) is 34.1 Å². The smallest absolute Gasteiger partial charge is 0.256 e. The summed E-state index contributed by atoms with van der Waals surface area (Å²) in [5, 5.41) is 5.07. The molecule has 168 valence electrons. The van der Waals surface area contributed by atoms with Crippen LogP contribution in [0.4, 0.5) is 0 Å². The second-order valence-corrected chi connectivity index (χ2v) is 8.63. The van der Waals surface area contributed by atoms with Crippen molar-refractivity contribution in [2.24, 2.45) is 0 Å². The highest BCUT2D eigenvalue weighted by Crippen LogP contribution is 2.33. The van der Waals surface area contributed by atoms with E-state index in [9.17, 15) is 9.59 Å². The highest BCUT2D eigenvalue weighted by molar-refractivity contribution is 6.06. The summed E-state index contributed by atoms with van der Waals surface area (Å²) >= 11 is 0. The lowest BCUT2D eigenvalue weighted by atomic mass is 10.1. The number of carbonyl (C=O) groups is 2. The lowest BCUT2D eigenvalue weighted by molar-refractivity contribution is -0.132. The van der Waals surface area contributed by atoms with Crippen molar-refractivity contribution in [3.63, 3.8) is 0 Å². The maximum Gasteiger partial charge on any atom is 0.256 e. The molecule has 1 N–H and O–H groups in total. The maximum atomic E-state index is 13.3. The summed E-state index contributed by atoms with van der Waals surface area (Å²) in [6.07, 6.45) is 4.24. The van der Waals surface area contributed by atoms with E-state index in [-0.39, 0.29) is 17.9 Å². The van der Waals surface area contributed by atoms with Gasteiger partial charge in [0.15, 0.2) is 5.82 Å². The van der Waals surface area contributed by atoms with Crippen molar-refractivity contribution in [3.05, 3.63) is 47.7 Å². The summed E-state index contributed by atoms with van der Waals surface area (Å²) < 4.78 is 5.44. The van der Waals surface area contributed by atoms with Crippen LogP contribution in [0.3, 0.4) is 0 Å². The van der Waals surface area contributed by atoms with Gasteiger partial charge in [-0.3, -0.25) is 9.59 Å². The minimum atomic E-state index is -0.206. The zero-order valence-corrected chi connectivity index (χ0v) is 18.3. The van der Waals surface area contributed by atoms with Gasteiger partial charge >= 0.3 is 0 Å². The Balaban J connectivity index is 1.24. The summed E-state index contributed by atoms with van der Waals surface area (Å²) in [5.41, 5.74) is 1.60. The van der Waals surface area contributed by atoms with Gasteiger partial charge in [-0.15, -0.1) is 0 Å². The molecule has 9 nitrogen and oxygen atoms in total. The molecular weight excluding hydrogens is 408 g/mol. The number of aromatic amines is 1. The van der Waals surface area contributed by atoms with E-state index in [1.54, 1.807) is 6.20 Å². The van der Waals surface area contributed by atoms with Crippen molar-refractivity contribution in [3.8, 4) is 0 Å². The lowest BCUT2D eigenvalue weighted by Gasteiger charge is -2.32. The van der Waals surface area contributed by atoms with Gasteiger partial charge in [0.25, 0.3) is 5.91 Å². The molecule has 2 amide bonds. The zero-order chi connectivity index (χ0) is 22.1. The van der Waals surface area contributed by atoms with Crippen LogP contribution in [0, 0.1) is 0 Å². The number of para-hydroxylation sites is 1. The molecule has 1 unspecified atom stereocenters. The number of amides is 2. The molecule has 3 aromatic rings. The summed E-state index contributed by atoms with van der Waals surface area (Å²) in [6, 6.07) is 7.59. The number of likely N-dealkylation sites (N-methyl/N-ethyl adjacent to an activating group) is 1. The molecule has 1 atom stereocenters. The predicted molar refractivity (Wildman–Crippen MR) is 118 cm³/mol. The molecule has 9 heteroatoms. The van der Waals surface area contributed by atoms with Crippen LogP contribution in [0.15, 0.2) is 35.0 Å². The Hall–Kier alpha value is -3.20. The second kappa shape index (κ2) is 8.74. The Bertz CT molecular complexity index is 1110. The Morgan fingerprint density at radius 3 is 2.81 bits per heavy atom. The molecule has 2 aliphatic rings. The monoisotopic (exact) mass is 436 g/mol. The summed E-state index contributed by atoms with van der Waals surface area (Å²) in [6.45, 7) is 3.99. The number of piperazine rings is 1. The number of rotatable bonds is 5. The number of nitrogens with zero attached hydrogens (tertiary/aromatic N) is 5. The number of likely N-dealkylation sites (tertiary alicyclic amines) is 1. The molecule has 2 aromatic heterocycles. The molecule has 0 radical (unpaired) electrons. The van der Waals surface area contributed by atoms with Crippen LogP contribution in [-0.2, 0) is 11.2 Å². The van der Waals surface area contributed by atoms with Crippen LogP contribution in [0.2, 0.25) is 0 Å². The predicted octanol–water partition coefficient (Wildman–Crippen LogP) is 2.23. The number of carbonyl (C=O) groups excluding carboxylic acids is 2. The van der Waals surface area contributed by atoms with Crippen LogP contribution < -0.4 is 0 Å². The molecule has 4 heterocycles. The van der Waals surface area contributed by atoms with Crippen molar-refractivity contribution in [2.75, 3.05) is 39.8 Å². The summed E-state index contributed by atoms with van der Waals surface area (Å²) in [7, 11) is 2.07. The van der Waals surface area contributed by atoms with Crippen molar-refractivity contribution >= 4 is 22.7 Å². The SMILES string of the molecule is CN1CCN(C(=O)CCc2nc(C3CCCN3C(=O)c3c[nH]c4ccccc34)no2)CC1. The third-order valence-electron chi connectivity index (χ3n) is 6.52. The molecular formula is C23H28N6O3. The van der Waals surface area contributed by atoms with Gasteiger partial charge in [-0.1, -0.05) is 23.4 Å². The topological polar surface area (TPSA) is 98.6 Å². The number of hydrogen-bond donors (Lipinski definition) is 1. The lowest BCUT2D eigenvalue weighted by Crippen LogP contribution is -2.47. The highest BCUT2D eigenvalue weighted by Gasteiger charge is 2.34. The van der Waals surface area contributed by atoms with E-state index in [0.29, 0.717) is 36.7 Å². The summed E-state index contributed by atoms with van der Waals surface area (Å²) in [5.74, 6) is 1.07. The van der Waals surface area contributed by atoms with Crippen LogP contribution in [0.1, 0.15) is 47.4 Å². The average Bonchev–Trinajstić information content (AvgIpc) is 3.56. The normalized spacial score (nSPS) is 19.7. The molecule has 2 fully saturated rings. The molecule has 0 aliphatic carbocycles. The van der Waals surface area contributed by atoms with Crippen molar-refractivity contribution in [1.29, 1.82) is 0 Å². The van der Waals surface area contributed by atoms with Gasteiger partial charge in [-0.05, 0) is 26.0 Å². The second-order valence-electron chi connectivity index (χ2n) is 8.63. The van der Waals surface area contributed by atoms with Gasteiger partial charge in [0.1, 0.15) is 0 Å². The maximum absolute atomic E-state index is 13.3. The Kier molecular flexibility index (Phi) is 5.65. The average molecular weight is 437 g/mol. The van der Waals surface area contributed by atoms with Crippen LogP contribution in [-0.4, -0.2) is 81.4 Å². The molecule has 0 spiro atoms. The summed E-state index contributed by atoms with van der Waals surface area (Å²) in [4.78, 5) is 39.4. The van der Waals surface area contributed by atoms with Gasteiger partial charge in [0, 0.05) is 62.7 Å². The van der Waals surface area contributed by atoms with Gasteiger partial charge in [0.2, 0.25) is 11.8 Å². The van der Waals surface area contributed by atoms with Crippen molar-refractivity contribution in [2.45, 2.75) is 31.7 Å². The standard InChI is InChI=1S/C23H28N6O3/c1-27-11-13-28(14-12-27)21(30)9-8-20-25-22(26-32-20)19-7-4-10-29(19)23(31)17-15-24-18-6-3-2-5-16(17)18/h2-3,5-6,15,19,24H,4,7-14H2,1H3. The fourth-order valence-corrected chi connectivity index (χ4v) is 4.61. The van der Waals surface area contributed by atoms with Gasteiger partial charge < -0.3 is 24.2 Å². The first-order valence-corrected chi connectivity index (χ1v) is 11.3. The first-order chi connectivity index (χ1) is 15.6. The molecule has 0 bridgehead atoms. The first-order valence-electron chi connectivity index (χ1n) is 11.3. The largest absolute Gasteiger partial charge is 0.360 e. The molecule has 2 saturated heterocycles. The van der Waals surface area contributed by atoms with Crippen molar-refractivity contribution < 1.29 is 14.1 Å². The van der Waals surface area contributed by atoms with E-state index in [2.05, 4.69) is 27.1 Å². The number of benzene rings is 1. The molecule has 5 rings (SSSR count). The molecule has 2 aliphatic heterocycles. The van der Waals surface area contributed by atoms with E-state index in [1.165, 1.54) is 0 Å². The number of fused-ring (bicyclic) bond motifs is 1. The van der Waals surface area contributed by atoms with E-state index >= 15 is 0 Å².